The molecule has 0 amide bonds. The van der Waals surface area contributed by atoms with Crippen LogP contribution in [-0.2, 0) is 0 Å². The zero-order valence-corrected chi connectivity index (χ0v) is 9.43. The van der Waals surface area contributed by atoms with Crippen molar-refractivity contribution < 1.29 is 4.52 Å². The number of hydrogen-bond acceptors (Lipinski definition) is 5. The van der Waals surface area contributed by atoms with Gasteiger partial charge < -0.3 is 15.2 Å². The van der Waals surface area contributed by atoms with E-state index in [4.69, 9.17) is 10.3 Å². The summed E-state index contributed by atoms with van der Waals surface area (Å²) in [6, 6.07) is -0.0500. The molecular formula is C11H18N4O. The lowest BCUT2D eigenvalue weighted by molar-refractivity contribution is 0.342. The van der Waals surface area contributed by atoms with Gasteiger partial charge in [-0.3, -0.25) is 0 Å². The molecule has 1 saturated heterocycles. The van der Waals surface area contributed by atoms with Crippen LogP contribution in [0.15, 0.2) is 4.52 Å². The van der Waals surface area contributed by atoms with Gasteiger partial charge in [0.15, 0.2) is 0 Å². The van der Waals surface area contributed by atoms with E-state index in [9.17, 15) is 0 Å². The normalized spacial score (nSPS) is 23.4. The molecule has 1 atom stereocenters. The molecule has 0 radical (unpaired) electrons. The Balaban J connectivity index is 1.70. The summed E-state index contributed by atoms with van der Waals surface area (Å²) in [6.45, 7) is 2.08. The molecule has 1 unspecified atom stereocenters. The zero-order valence-electron chi connectivity index (χ0n) is 9.43. The topological polar surface area (TPSA) is 68.2 Å². The Kier molecular flexibility index (Phi) is 2.55. The van der Waals surface area contributed by atoms with Crippen molar-refractivity contribution >= 4 is 5.95 Å². The van der Waals surface area contributed by atoms with Crippen molar-refractivity contribution in [3.8, 4) is 0 Å². The minimum atomic E-state index is -0.0500. The van der Waals surface area contributed by atoms with Gasteiger partial charge in [-0.25, -0.2) is 0 Å². The predicted octanol–water partition coefficient (Wildman–Crippen LogP) is 1.47. The van der Waals surface area contributed by atoms with Gasteiger partial charge in [-0.05, 0) is 43.2 Å². The second-order valence-corrected chi connectivity index (χ2v) is 4.84. The second-order valence-electron chi connectivity index (χ2n) is 4.84. The van der Waals surface area contributed by atoms with Crippen molar-refractivity contribution in [2.24, 2.45) is 11.7 Å². The fraction of sp³-hybridized carbons (Fsp3) is 0.818. The first kappa shape index (κ1) is 10.1. The monoisotopic (exact) mass is 222 g/mol. The zero-order chi connectivity index (χ0) is 11.0. The summed E-state index contributed by atoms with van der Waals surface area (Å²) in [6.07, 6.45) is 6.14. The molecular weight excluding hydrogens is 204 g/mol. The summed E-state index contributed by atoms with van der Waals surface area (Å²) in [5, 5.41) is 4.03. The maximum absolute atomic E-state index is 6.03. The molecule has 1 aromatic rings. The summed E-state index contributed by atoms with van der Waals surface area (Å²) < 4.78 is 5.25. The summed E-state index contributed by atoms with van der Waals surface area (Å²) in [7, 11) is 0. The summed E-state index contributed by atoms with van der Waals surface area (Å²) in [4.78, 5) is 6.61. The van der Waals surface area contributed by atoms with Crippen LogP contribution < -0.4 is 10.6 Å². The molecule has 3 rings (SSSR count). The van der Waals surface area contributed by atoms with Crippen LogP contribution in [0.3, 0.4) is 0 Å². The number of nitrogens with two attached hydrogens (primary N) is 1. The number of anilines is 1. The molecule has 0 spiro atoms. The van der Waals surface area contributed by atoms with E-state index >= 15 is 0 Å². The number of rotatable bonds is 3. The van der Waals surface area contributed by atoms with Crippen LogP contribution in [0, 0.1) is 5.92 Å². The highest BCUT2D eigenvalue weighted by Gasteiger charge is 2.33. The molecule has 2 fully saturated rings. The molecule has 0 bridgehead atoms. The Hall–Kier alpha value is -1.10. The third kappa shape index (κ3) is 1.91. The maximum Gasteiger partial charge on any atom is 0.266 e. The average Bonchev–Trinajstić information content (AvgIpc) is 3.07. The van der Waals surface area contributed by atoms with E-state index in [0.717, 1.165) is 19.0 Å². The predicted molar refractivity (Wildman–Crippen MR) is 60.0 cm³/mol. The Labute approximate surface area is 95.0 Å². The van der Waals surface area contributed by atoms with E-state index in [-0.39, 0.29) is 6.04 Å². The minimum absolute atomic E-state index is 0.0500. The molecule has 2 aliphatic rings. The van der Waals surface area contributed by atoms with Crippen LogP contribution in [0.25, 0.3) is 0 Å². The molecule has 5 nitrogen and oxygen atoms in total. The van der Waals surface area contributed by atoms with E-state index in [1.165, 1.54) is 32.1 Å². The highest BCUT2D eigenvalue weighted by molar-refractivity contribution is 5.28. The fourth-order valence-corrected chi connectivity index (χ4v) is 2.24. The van der Waals surface area contributed by atoms with Gasteiger partial charge in [0.1, 0.15) is 0 Å². The van der Waals surface area contributed by atoms with Crippen LogP contribution in [0.1, 0.15) is 44.0 Å². The lowest BCUT2D eigenvalue weighted by Crippen LogP contribution is -2.30. The van der Waals surface area contributed by atoms with Crippen LogP contribution in [0.4, 0.5) is 5.95 Å². The van der Waals surface area contributed by atoms with Gasteiger partial charge >= 0.3 is 0 Å². The molecule has 88 valence electrons. The van der Waals surface area contributed by atoms with E-state index < -0.39 is 0 Å². The number of piperidine rings is 1. The van der Waals surface area contributed by atoms with Crippen molar-refractivity contribution in [3.63, 3.8) is 0 Å². The second kappa shape index (κ2) is 4.05. The minimum Gasteiger partial charge on any atom is -0.338 e. The van der Waals surface area contributed by atoms with Crippen molar-refractivity contribution in [1.29, 1.82) is 0 Å². The Morgan fingerprint density at radius 2 is 2.00 bits per heavy atom. The molecule has 0 aromatic carbocycles. The molecule has 5 heteroatoms. The summed E-state index contributed by atoms with van der Waals surface area (Å²) >= 11 is 0. The Bertz CT molecular complexity index is 355. The largest absolute Gasteiger partial charge is 0.338 e. The smallest absolute Gasteiger partial charge is 0.266 e. The number of aromatic nitrogens is 2. The maximum atomic E-state index is 6.03. The summed E-state index contributed by atoms with van der Waals surface area (Å²) in [5.74, 6) is 1.91. The van der Waals surface area contributed by atoms with Gasteiger partial charge in [0.25, 0.3) is 5.95 Å². The number of nitrogens with zero attached hydrogens (tertiary/aromatic N) is 3. The van der Waals surface area contributed by atoms with E-state index in [1.807, 2.05) is 0 Å². The first-order chi connectivity index (χ1) is 7.84. The first-order valence-corrected chi connectivity index (χ1v) is 6.19. The van der Waals surface area contributed by atoms with Crippen LogP contribution >= 0.6 is 0 Å². The highest BCUT2D eigenvalue weighted by atomic mass is 16.5. The third-order valence-corrected chi connectivity index (χ3v) is 3.48. The lowest BCUT2D eigenvalue weighted by atomic mass is 10.1. The highest BCUT2D eigenvalue weighted by Crippen LogP contribution is 2.39. The van der Waals surface area contributed by atoms with Crippen molar-refractivity contribution in [2.75, 3.05) is 18.0 Å². The molecule has 1 saturated carbocycles. The van der Waals surface area contributed by atoms with Crippen LogP contribution in [0.5, 0.6) is 0 Å². The Morgan fingerprint density at radius 1 is 1.25 bits per heavy atom. The third-order valence-electron chi connectivity index (χ3n) is 3.48. The summed E-state index contributed by atoms with van der Waals surface area (Å²) in [5.41, 5.74) is 6.03. The SMILES string of the molecule is NC(c1nc(N2CCCCC2)no1)C1CC1. The van der Waals surface area contributed by atoms with Gasteiger partial charge in [-0.15, -0.1) is 0 Å². The van der Waals surface area contributed by atoms with Gasteiger partial charge in [0.05, 0.1) is 6.04 Å². The molecule has 2 N–H and O–H groups in total. The van der Waals surface area contributed by atoms with Gasteiger partial charge in [-0.2, -0.15) is 4.98 Å². The van der Waals surface area contributed by atoms with E-state index in [0.29, 0.717) is 11.8 Å². The van der Waals surface area contributed by atoms with Gasteiger partial charge in [-0.1, -0.05) is 0 Å². The van der Waals surface area contributed by atoms with E-state index in [1.54, 1.807) is 0 Å². The van der Waals surface area contributed by atoms with Crippen molar-refractivity contribution in [3.05, 3.63) is 5.89 Å². The molecule has 16 heavy (non-hydrogen) atoms. The van der Waals surface area contributed by atoms with Gasteiger partial charge in [0.2, 0.25) is 5.89 Å². The van der Waals surface area contributed by atoms with E-state index in [2.05, 4.69) is 15.0 Å². The van der Waals surface area contributed by atoms with Crippen molar-refractivity contribution in [1.82, 2.24) is 10.1 Å². The van der Waals surface area contributed by atoms with Crippen LogP contribution in [-0.4, -0.2) is 23.2 Å². The average molecular weight is 222 g/mol. The quantitative estimate of drug-likeness (QED) is 0.838. The Morgan fingerprint density at radius 3 is 2.69 bits per heavy atom. The lowest BCUT2D eigenvalue weighted by Gasteiger charge is -2.24. The molecule has 2 heterocycles. The van der Waals surface area contributed by atoms with Crippen molar-refractivity contribution in [2.45, 2.75) is 38.1 Å². The molecule has 1 aliphatic carbocycles. The fourth-order valence-electron chi connectivity index (χ4n) is 2.24. The number of hydrogen-bond donors (Lipinski definition) is 1. The molecule has 1 aromatic heterocycles. The first-order valence-electron chi connectivity index (χ1n) is 6.19. The van der Waals surface area contributed by atoms with Crippen LogP contribution in [0.2, 0.25) is 0 Å². The molecule has 1 aliphatic heterocycles. The standard InChI is InChI=1S/C11H18N4O/c12-9(8-4-5-8)10-13-11(14-16-10)15-6-2-1-3-7-15/h8-9H,1-7,12H2. The van der Waals surface area contributed by atoms with Gasteiger partial charge in [0, 0.05) is 13.1 Å².